The maximum absolute atomic E-state index is 13.2. The van der Waals surface area contributed by atoms with Crippen LogP contribution in [0.1, 0.15) is 6.92 Å². The van der Waals surface area contributed by atoms with E-state index in [1.54, 1.807) is 36.4 Å². The molecule has 0 N–H and O–H groups in total. The van der Waals surface area contributed by atoms with Gasteiger partial charge >= 0.3 is 0 Å². The second-order valence-electron chi connectivity index (χ2n) is 6.33. The van der Waals surface area contributed by atoms with E-state index in [1.165, 1.54) is 19.0 Å². The molecule has 136 valence electrons. The van der Waals surface area contributed by atoms with E-state index in [2.05, 4.69) is 5.10 Å². The van der Waals surface area contributed by atoms with Gasteiger partial charge in [-0.25, -0.2) is 4.90 Å². The van der Waals surface area contributed by atoms with Gasteiger partial charge in [0, 0.05) is 6.92 Å². The number of hydrazone groups is 1. The zero-order valence-corrected chi connectivity index (χ0v) is 14.8. The number of methoxy groups -OCH3 is 1. The number of hydrogen-bond donors (Lipinski definition) is 0. The molecule has 7 heteroatoms. The third kappa shape index (κ3) is 2.51. The van der Waals surface area contributed by atoms with Gasteiger partial charge in [-0.05, 0) is 24.3 Å². The monoisotopic (exact) mass is 363 g/mol. The molecule has 0 aromatic heterocycles. The summed E-state index contributed by atoms with van der Waals surface area (Å²) in [5, 5.41) is 5.78. The molecule has 4 rings (SSSR count). The maximum Gasteiger partial charge on any atom is 0.260 e. The lowest BCUT2D eigenvalue weighted by molar-refractivity contribution is -0.122. The predicted octanol–water partition coefficient (Wildman–Crippen LogP) is 2.02. The molecule has 2 aliphatic rings. The Labute approximate surface area is 155 Å². The van der Waals surface area contributed by atoms with Crippen LogP contribution in [0.4, 0.5) is 11.4 Å². The lowest BCUT2D eigenvalue weighted by Gasteiger charge is -2.22. The topological polar surface area (TPSA) is 79.3 Å². The average Bonchev–Trinajstić information content (AvgIpc) is 3.20. The summed E-state index contributed by atoms with van der Waals surface area (Å²) in [7, 11) is 1.48. The van der Waals surface area contributed by atoms with Gasteiger partial charge in [-0.15, -0.1) is 0 Å². The first-order chi connectivity index (χ1) is 13.0. The summed E-state index contributed by atoms with van der Waals surface area (Å²) in [5.74, 6) is -1.75. The van der Waals surface area contributed by atoms with E-state index >= 15 is 0 Å². The fourth-order valence-electron chi connectivity index (χ4n) is 3.55. The number of rotatable bonds is 4. The van der Waals surface area contributed by atoms with E-state index in [0.717, 1.165) is 4.90 Å². The molecule has 2 aliphatic heterocycles. The molecule has 2 aromatic rings. The fourth-order valence-corrected chi connectivity index (χ4v) is 3.55. The Morgan fingerprint density at radius 3 is 2.33 bits per heavy atom. The summed E-state index contributed by atoms with van der Waals surface area (Å²) in [4.78, 5) is 39.6. The molecule has 7 nitrogen and oxygen atoms in total. The number of para-hydroxylation sites is 3. The molecule has 0 aliphatic carbocycles. The van der Waals surface area contributed by atoms with E-state index in [0.29, 0.717) is 17.1 Å². The zero-order valence-electron chi connectivity index (χ0n) is 14.8. The van der Waals surface area contributed by atoms with Crippen LogP contribution >= 0.6 is 0 Å². The Hall–Kier alpha value is -3.48. The molecule has 2 unspecified atom stereocenters. The van der Waals surface area contributed by atoms with E-state index in [-0.39, 0.29) is 11.5 Å². The summed E-state index contributed by atoms with van der Waals surface area (Å²) >= 11 is 0. The van der Waals surface area contributed by atoms with Gasteiger partial charge < -0.3 is 4.74 Å². The largest absolute Gasteiger partial charge is 0.495 e. The van der Waals surface area contributed by atoms with Crippen molar-refractivity contribution >= 4 is 34.7 Å². The van der Waals surface area contributed by atoms with Crippen molar-refractivity contribution in [3.63, 3.8) is 0 Å². The van der Waals surface area contributed by atoms with Gasteiger partial charge in [-0.1, -0.05) is 30.3 Å². The molecule has 27 heavy (non-hydrogen) atoms. The minimum absolute atomic E-state index is 0.0969. The highest BCUT2D eigenvalue weighted by Gasteiger charge is 2.58. The van der Waals surface area contributed by atoms with Crippen LogP contribution in [-0.2, 0) is 14.4 Å². The lowest BCUT2D eigenvalue weighted by Crippen LogP contribution is -2.39. The summed E-state index contributed by atoms with van der Waals surface area (Å²) < 4.78 is 5.31. The Morgan fingerprint density at radius 1 is 1.00 bits per heavy atom. The van der Waals surface area contributed by atoms with Gasteiger partial charge in [-0.3, -0.25) is 19.4 Å². The minimum atomic E-state index is -0.930. The van der Waals surface area contributed by atoms with Crippen molar-refractivity contribution in [2.75, 3.05) is 17.0 Å². The number of carbonyl (C=O) groups excluding carboxylic acids is 3. The first kappa shape index (κ1) is 17.0. The number of Topliss-reactive ketones (excluding diaryl/α,β-unsaturated/α-hetero) is 1. The predicted molar refractivity (Wildman–Crippen MR) is 99.8 cm³/mol. The molecule has 2 heterocycles. The number of imide groups is 1. The third-order valence-electron chi connectivity index (χ3n) is 4.76. The normalized spacial score (nSPS) is 21.3. The lowest BCUT2D eigenvalue weighted by atomic mass is 9.95. The Balaban J connectivity index is 1.82. The van der Waals surface area contributed by atoms with Crippen molar-refractivity contribution in [1.82, 2.24) is 0 Å². The number of benzene rings is 2. The van der Waals surface area contributed by atoms with E-state index in [9.17, 15) is 14.4 Å². The standard InChI is InChI=1S/C20H17N3O4/c1-12(24)17-16-18(23(21-17)13-8-4-3-5-9-13)20(26)22(19(16)25)14-10-6-7-11-15(14)27-2/h3-11,16,18H,1-2H3. The van der Waals surface area contributed by atoms with Gasteiger partial charge in [0.05, 0.1) is 18.5 Å². The van der Waals surface area contributed by atoms with Crippen LogP contribution < -0.4 is 14.6 Å². The number of nitrogens with zero attached hydrogens (tertiary/aromatic N) is 3. The maximum atomic E-state index is 13.2. The summed E-state index contributed by atoms with van der Waals surface area (Å²) in [6.07, 6.45) is 0. The molecule has 1 saturated heterocycles. The quantitative estimate of drug-likeness (QED) is 0.777. The van der Waals surface area contributed by atoms with Crippen LogP contribution in [-0.4, -0.2) is 36.5 Å². The van der Waals surface area contributed by atoms with Gasteiger partial charge in [0.25, 0.3) is 5.91 Å². The van der Waals surface area contributed by atoms with Crippen molar-refractivity contribution < 1.29 is 19.1 Å². The van der Waals surface area contributed by atoms with Crippen molar-refractivity contribution in [2.24, 2.45) is 11.0 Å². The highest BCUT2D eigenvalue weighted by molar-refractivity contribution is 6.49. The van der Waals surface area contributed by atoms with Crippen molar-refractivity contribution in [3.8, 4) is 5.75 Å². The molecule has 2 amide bonds. The Kier molecular flexibility index (Phi) is 3.99. The second kappa shape index (κ2) is 6.35. The number of carbonyl (C=O) groups is 3. The third-order valence-corrected chi connectivity index (χ3v) is 4.76. The molecule has 0 spiro atoms. The molecular weight excluding hydrogens is 346 g/mol. The van der Waals surface area contributed by atoms with Crippen LogP contribution in [0, 0.1) is 5.92 Å². The first-order valence-corrected chi connectivity index (χ1v) is 8.49. The van der Waals surface area contributed by atoms with Crippen molar-refractivity contribution in [3.05, 3.63) is 54.6 Å². The van der Waals surface area contributed by atoms with Crippen LogP contribution in [0.25, 0.3) is 0 Å². The van der Waals surface area contributed by atoms with Crippen LogP contribution in [0.3, 0.4) is 0 Å². The number of fused-ring (bicyclic) bond motifs is 1. The zero-order chi connectivity index (χ0) is 19.1. The Morgan fingerprint density at radius 2 is 1.67 bits per heavy atom. The number of hydrogen-bond acceptors (Lipinski definition) is 6. The molecular formula is C20H17N3O4. The number of ether oxygens (including phenoxy) is 1. The van der Waals surface area contributed by atoms with E-state index in [4.69, 9.17) is 4.74 Å². The summed E-state index contributed by atoms with van der Waals surface area (Å²) in [6, 6.07) is 15.0. The average molecular weight is 363 g/mol. The van der Waals surface area contributed by atoms with Gasteiger partial charge in [0.2, 0.25) is 5.91 Å². The first-order valence-electron chi connectivity index (χ1n) is 8.49. The van der Waals surface area contributed by atoms with Gasteiger partial charge in [-0.2, -0.15) is 5.10 Å². The smallest absolute Gasteiger partial charge is 0.260 e. The molecule has 2 atom stereocenters. The van der Waals surface area contributed by atoms with Crippen LogP contribution in [0.2, 0.25) is 0 Å². The Bertz CT molecular complexity index is 970. The number of ketones is 1. The minimum Gasteiger partial charge on any atom is -0.495 e. The molecule has 2 aromatic carbocycles. The van der Waals surface area contributed by atoms with E-state index < -0.39 is 23.8 Å². The number of anilines is 2. The molecule has 0 radical (unpaired) electrons. The van der Waals surface area contributed by atoms with Gasteiger partial charge in [0.15, 0.2) is 5.78 Å². The fraction of sp³-hybridized carbons (Fsp3) is 0.200. The molecule has 0 bridgehead atoms. The second-order valence-corrected chi connectivity index (χ2v) is 6.33. The summed E-state index contributed by atoms with van der Waals surface area (Å²) in [6.45, 7) is 1.36. The summed E-state index contributed by atoms with van der Waals surface area (Å²) in [5.41, 5.74) is 1.10. The molecule has 1 fully saturated rings. The molecule has 0 saturated carbocycles. The highest BCUT2D eigenvalue weighted by Crippen LogP contribution is 2.40. The van der Waals surface area contributed by atoms with Crippen LogP contribution in [0.15, 0.2) is 59.7 Å². The van der Waals surface area contributed by atoms with Gasteiger partial charge in [0.1, 0.15) is 23.4 Å². The SMILES string of the molecule is COc1ccccc1N1C(=O)C2C(C(C)=O)=NN(c3ccccc3)C2C1=O. The van der Waals surface area contributed by atoms with Crippen molar-refractivity contribution in [2.45, 2.75) is 13.0 Å². The van der Waals surface area contributed by atoms with Crippen molar-refractivity contribution in [1.29, 1.82) is 0 Å². The van der Waals surface area contributed by atoms with E-state index in [1.807, 2.05) is 18.2 Å². The number of amides is 2. The van der Waals surface area contributed by atoms with Crippen LogP contribution in [0.5, 0.6) is 5.75 Å². The highest BCUT2D eigenvalue weighted by atomic mass is 16.5.